The van der Waals surface area contributed by atoms with E-state index in [0.717, 1.165) is 29.0 Å². The van der Waals surface area contributed by atoms with E-state index >= 15 is 0 Å². The summed E-state index contributed by atoms with van der Waals surface area (Å²) in [7, 11) is 0. The van der Waals surface area contributed by atoms with Gasteiger partial charge in [-0.1, -0.05) is 45.2 Å². The quantitative estimate of drug-likeness (QED) is 0.641. The van der Waals surface area contributed by atoms with E-state index in [9.17, 15) is 4.79 Å². The molecule has 1 heterocycles. The summed E-state index contributed by atoms with van der Waals surface area (Å²) in [4.78, 5) is 16.4. The van der Waals surface area contributed by atoms with Gasteiger partial charge in [0.05, 0.1) is 28.8 Å². The van der Waals surface area contributed by atoms with Crippen molar-refractivity contribution in [2.75, 3.05) is 37.7 Å². The molecule has 0 N–H and O–H groups in total. The van der Waals surface area contributed by atoms with Crippen molar-refractivity contribution in [1.82, 2.24) is 4.90 Å². The minimum absolute atomic E-state index is 0.110. The molecule has 1 aliphatic rings. The van der Waals surface area contributed by atoms with Crippen LogP contribution in [0.15, 0.2) is 46.9 Å². The molecule has 0 aromatic heterocycles. The van der Waals surface area contributed by atoms with Crippen molar-refractivity contribution >= 4 is 50.7 Å². The summed E-state index contributed by atoms with van der Waals surface area (Å²) < 4.78 is 6.63. The van der Waals surface area contributed by atoms with Gasteiger partial charge >= 0.3 is 0 Å². The Kier molecular flexibility index (Phi) is 6.68. The Balaban J connectivity index is 1.46. The molecule has 0 saturated carbocycles. The fourth-order valence-corrected chi connectivity index (χ4v) is 3.56. The van der Waals surface area contributed by atoms with Crippen LogP contribution in [0.25, 0.3) is 0 Å². The summed E-state index contributed by atoms with van der Waals surface area (Å²) in [6.07, 6.45) is 0.369. The van der Waals surface area contributed by atoms with Crippen molar-refractivity contribution in [3.8, 4) is 5.75 Å². The third kappa shape index (κ3) is 4.84. The minimum Gasteiger partial charge on any atom is -0.493 e. The molecule has 0 unspecified atom stereocenters. The summed E-state index contributed by atoms with van der Waals surface area (Å²) in [6, 6.07) is 13.2. The first-order valence-corrected chi connectivity index (χ1v) is 9.94. The number of hydrogen-bond acceptors (Lipinski definition) is 3. The number of ether oxygens (including phenoxy) is 1. The summed E-state index contributed by atoms with van der Waals surface area (Å²) in [5.74, 6) is 0.875. The molecule has 3 rings (SSSR count). The van der Waals surface area contributed by atoms with Gasteiger partial charge in [0.15, 0.2) is 0 Å². The monoisotopic (exact) mass is 456 g/mol. The molecule has 2 aromatic carbocycles. The van der Waals surface area contributed by atoms with Crippen LogP contribution < -0.4 is 9.64 Å². The highest BCUT2D eigenvalue weighted by atomic mass is 79.9. The SMILES string of the molecule is O=C(CCOc1ccc(Br)cc1)N1CCN(c2cccc(Cl)c2Cl)CC1. The minimum atomic E-state index is 0.110. The topological polar surface area (TPSA) is 32.8 Å². The van der Waals surface area contributed by atoms with Crippen LogP contribution in [0.4, 0.5) is 5.69 Å². The fourth-order valence-electron chi connectivity index (χ4n) is 2.88. The van der Waals surface area contributed by atoms with Gasteiger partial charge in [0.2, 0.25) is 5.91 Å². The molecule has 138 valence electrons. The number of amides is 1. The predicted octanol–water partition coefficient (Wildman–Crippen LogP) is 4.87. The molecule has 1 saturated heterocycles. The Morgan fingerprint density at radius 3 is 2.42 bits per heavy atom. The van der Waals surface area contributed by atoms with Crippen molar-refractivity contribution in [2.45, 2.75) is 6.42 Å². The van der Waals surface area contributed by atoms with Crippen molar-refractivity contribution in [1.29, 1.82) is 0 Å². The normalized spacial score (nSPS) is 14.4. The summed E-state index contributed by atoms with van der Waals surface area (Å²) in [5.41, 5.74) is 0.921. The first-order chi connectivity index (χ1) is 12.5. The lowest BCUT2D eigenvalue weighted by molar-refractivity contribution is -0.132. The van der Waals surface area contributed by atoms with Crippen LogP contribution in [0, 0.1) is 0 Å². The van der Waals surface area contributed by atoms with Gasteiger partial charge in [0.25, 0.3) is 0 Å². The highest BCUT2D eigenvalue weighted by molar-refractivity contribution is 9.10. The first-order valence-electron chi connectivity index (χ1n) is 8.39. The molecule has 26 heavy (non-hydrogen) atoms. The van der Waals surface area contributed by atoms with Gasteiger partial charge in [0.1, 0.15) is 5.75 Å². The van der Waals surface area contributed by atoms with Crippen LogP contribution >= 0.6 is 39.1 Å². The Labute approximate surface area is 171 Å². The van der Waals surface area contributed by atoms with Crippen molar-refractivity contribution < 1.29 is 9.53 Å². The molecule has 0 radical (unpaired) electrons. The molecular formula is C19H19BrCl2N2O2. The molecule has 4 nitrogen and oxygen atoms in total. The van der Waals surface area contributed by atoms with E-state index in [1.807, 2.05) is 41.3 Å². The number of piperazine rings is 1. The molecule has 0 bridgehead atoms. The number of carbonyl (C=O) groups is 1. The maximum atomic E-state index is 12.4. The molecule has 7 heteroatoms. The Morgan fingerprint density at radius 2 is 1.73 bits per heavy atom. The second-order valence-electron chi connectivity index (χ2n) is 5.99. The number of carbonyl (C=O) groups excluding carboxylic acids is 1. The fraction of sp³-hybridized carbons (Fsp3) is 0.316. The van der Waals surface area contributed by atoms with Gasteiger partial charge in [-0.3, -0.25) is 4.79 Å². The number of anilines is 1. The predicted molar refractivity (Wildman–Crippen MR) is 110 cm³/mol. The molecule has 1 aliphatic heterocycles. The number of rotatable bonds is 5. The van der Waals surface area contributed by atoms with Crippen LogP contribution in [-0.4, -0.2) is 43.6 Å². The number of hydrogen-bond donors (Lipinski definition) is 0. The van der Waals surface area contributed by atoms with Gasteiger partial charge in [0, 0.05) is 30.7 Å². The van der Waals surface area contributed by atoms with Crippen molar-refractivity contribution in [3.63, 3.8) is 0 Å². The van der Waals surface area contributed by atoms with E-state index in [1.54, 1.807) is 6.07 Å². The summed E-state index contributed by atoms with van der Waals surface area (Å²) in [5, 5.41) is 1.12. The number of halogens is 3. The molecular weight excluding hydrogens is 439 g/mol. The second kappa shape index (κ2) is 8.98. The van der Waals surface area contributed by atoms with Gasteiger partial charge in [-0.2, -0.15) is 0 Å². The van der Waals surface area contributed by atoms with E-state index in [1.165, 1.54) is 0 Å². The second-order valence-corrected chi connectivity index (χ2v) is 7.69. The molecule has 0 spiro atoms. The van der Waals surface area contributed by atoms with E-state index in [4.69, 9.17) is 27.9 Å². The van der Waals surface area contributed by atoms with Gasteiger partial charge in [-0.15, -0.1) is 0 Å². The average molecular weight is 458 g/mol. The molecule has 1 fully saturated rings. The maximum absolute atomic E-state index is 12.4. The molecule has 0 aliphatic carbocycles. The third-order valence-corrected chi connectivity index (χ3v) is 5.64. The number of benzene rings is 2. The van der Waals surface area contributed by atoms with E-state index in [-0.39, 0.29) is 5.91 Å². The van der Waals surface area contributed by atoms with E-state index in [0.29, 0.717) is 36.2 Å². The lowest BCUT2D eigenvalue weighted by atomic mass is 10.2. The summed E-state index contributed by atoms with van der Waals surface area (Å²) in [6.45, 7) is 3.18. The summed E-state index contributed by atoms with van der Waals surface area (Å²) >= 11 is 15.8. The van der Waals surface area contributed by atoms with Gasteiger partial charge in [-0.05, 0) is 36.4 Å². The largest absolute Gasteiger partial charge is 0.493 e. The molecule has 2 aromatic rings. The average Bonchev–Trinajstić information content (AvgIpc) is 2.66. The molecule has 0 atom stereocenters. The van der Waals surface area contributed by atoms with Crippen LogP contribution in [0.3, 0.4) is 0 Å². The highest BCUT2D eigenvalue weighted by Crippen LogP contribution is 2.32. The smallest absolute Gasteiger partial charge is 0.226 e. The van der Waals surface area contributed by atoms with E-state index in [2.05, 4.69) is 20.8 Å². The van der Waals surface area contributed by atoms with Crippen LogP contribution in [-0.2, 0) is 4.79 Å². The zero-order valence-electron chi connectivity index (χ0n) is 14.1. The van der Waals surface area contributed by atoms with Crippen molar-refractivity contribution in [3.05, 3.63) is 57.0 Å². The molecule has 1 amide bonds. The lowest BCUT2D eigenvalue weighted by Crippen LogP contribution is -2.49. The maximum Gasteiger partial charge on any atom is 0.226 e. The zero-order chi connectivity index (χ0) is 18.5. The highest BCUT2D eigenvalue weighted by Gasteiger charge is 2.22. The van der Waals surface area contributed by atoms with E-state index < -0.39 is 0 Å². The Bertz CT molecular complexity index is 763. The first kappa shape index (κ1) is 19.3. The number of nitrogens with zero attached hydrogens (tertiary/aromatic N) is 2. The van der Waals surface area contributed by atoms with Gasteiger partial charge < -0.3 is 14.5 Å². The standard InChI is InChI=1S/C19H19BrCl2N2O2/c20-14-4-6-15(7-5-14)26-13-8-18(25)24-11-9-23(10-12-24)17-3-1-2-16(21)19(17)22/h1-7H,8-13H2. The Hall–Kier alpha value is -1.43. The van der Waals surface area contributed by atoms with Crippen LogP contribution in [0.1, 0.15) is 6.42 Å². The Morgan fingerprint density at radius 1 is 1.04 bits per heavy atom. The van der Waals surface area contributed by atoms with Gasteiger partial charge in [-0.25, -0.2) is 0 Å². The van der Waals surface area contributed by atoms with Crippen LogP contribution in [0.2, 0.25) is 10.0 Å². The lowest BCUT2D eigenvalue weighted by Gasteiger charge is -2.36. The van der Waals surface area contributed by atoms with Crippen LogP contribution in [0.5, 0.6) is 5.75 Å². The zero-order valence-corrected chi connectivity index (χ0v) is 17.2. The third-order valence-electron chi connectivity index (χ3n) is 4.30. The van der Waals surface area contributed by atoms with Crippen molar-refractivity contribution in [2.24, 2.45) is 0 Å².